The molecule has 0 aliphatic rings. The largest absolute Gasteiger partial charge is 0.347 e. The molecule has 2 rings (SSSR count). The van der Waals surface area contributed by atoms with Gasteiger partial charge in [-0.1, -0.05) is 6.07 Å². The molecule has 0 saturated heterocycles. The van der Waals surface area contributed by atoms with Crippen molar-refractivity contribution in [3.8, 4) is 0 Å². The molecular weight excluding hydrogens is 226 g/mol. The molecule has 0 radical (unpaired) electrons. The van der Waals surface area contributed by atoms with Crippen molar-refractivity contribution in [3.05, 3.63) is 53.9 Å². The van der Waals surface area contributed by atoms with Crippen LogP contribution < -0.4 is 5.32 Å². The summed E-state index contributed by atoms with van der Waals surface area (Å²) < 4.78 is 28.1. The molecule has 0 atom stereocenters. The van der Waals surface area contributed by atoms with Crippen LogP contribution >= 0.6 is 0 Å². The molecule has 0 unspecified atom stereocenters. The second-order valence-electron chi connectivity index (χ2n) is 3.56. The minimum atomic E-state index is -0.799. The van der Waals surface area contributed by atoms with Crippen LogP contribution in [0.1, 0.15) is 10.5 Å². The van der Waals surface area contributed by atoms with Crippen molar-refractivity contribution in [2.45, 2.75) is 0 Å². The molecule has 0 saturated carbocycles. The first-order chi connectivity index (χ1) is 8.09. The number of rotatable bonds is 2. The number of carbonyl (C=O) groups excluding carboxylic acids is 1. The van der Waals surface area contributed by atoms with Gasteiger partial charge in [0.1, 0.15) is 23.0 Å². The summed E-state index contributed by atoms with van der Waals surface area (Å²) in [6.07, 6.45) is 1.67. The fourth-order valence-corrected chi connectivity index (χ4v) is 1.49. The molecule has 0 aliphatic carbocycles. The van der Waals surface area contributed by atoms with Gasteiger partial charge < -0.3 is 9.88 Å². The van der Waals surface area contributed by atoms with Gasteiger partial charge in [0.05, 0.1) is 0 Å². The first-order valence-electron chi connectivity index (χ1n) is 4.96. The Kier molecular flexibility index (Phi) is 2.91. The maximum absolute atomic E-state index is 13.3. The maximum Gasteiger partial charge on any atom is 0.272 e. The molecule has 0 aliphatic heterocycles. The molecule has 1 N–H and O–H groups in total. The van der Waals surface area contributed by atoms with Crippen molar-refractivity contribution >= 4 is 11.6 Å². The highest BCUT2D eigenvalue weighted by Crippen LogP contribution is 2.18. The van der Waals surface area contributed by atoms with Crippen LogP contribution in [0, 0.1) is 11.6 Å². The Morgan fingerprint density at radius 3 is 2.35 bits per heavy atom. The summed E-state index contributed by atoms with van der Waals surface area (Å²) in [4.78, 5) is 11.7. The Labute approximate surface area is 96.7 Å². The monoisotopic (exact) mass is 236 g/mol. The lowest BCUT2D eigenvalue weighted by atomic mass is 10.2. The summed E-state index contributed by atoms with van der Waals surface area (Å²) in [5, 5.41) is 2.21. The highest BCUT2D eigenvalue weighted by atomic mass is 19.1. The first-order valence-corrected chi connectivity index (χ1v) is 4.96. The zero-order valence-corrected chi connectivity index (χ0v) is 9.08. The average Bonchev–Trinajstić information content (AvgIpc) is 2.70. The molecule has 0 spiro atoms. The van der Waals surface area contributed by atoms with E-state index in [1.807, 2.05) is 0 Å². The zero-order valence-electron chi connectivity index (χ0n) is 9.08. The number of carbonyl (C=O) groups is 1. The lowest BCUT2D eigenvalue weighted by Crippen LogP contribution is -2.17. The molecular formula is C12H10F2N2O. The van der Waals surface area contributed by atoms with E-state index in [0.29, 0.717) is 5.69 Å². The predicted octanol–water partition coefficient (Wildman–Crippen LogP) is 2.56. The Balaban J connectivity index is 2.28. The van der Waals surface area contributed by atoms with Gasteiger partial charge >= 0.3 is 0 Å². The number of nitrogens with zero attached hydrogens (tertiary/aromatic N) is 1. The highest BCUT2D eigenvalue weighted by Gasteiger charge is 2.14. The topological polar surface area (TPSA) is 34.0 Å². The second-order valence-corrected chi connectivity index (χ2v) is 3.56. The number of para-hydroxylation sites is 1. The number of nitrogens with one attached hydrogen (secondary N) is 1. The van der Waals surface area contributed by atoms with Gasteiger partial charge in [-0.3, -0.25) is 4.79 Å². The second kappa shape index (κ2) is 4.37. The van der Waals surface area contributed by atoms with Gasteiger partial charge in [-0.05, 0) is 24.3 Å². The Morgan fingerprint density at radius 2 is 1.82 bits per heavy atom. The number of hydrogen-bond acceptors (Lipinski definition) is 1. The number of aromatic nitrogens is 1. The van der Waals surface area contributed by atoms with E-state index in [9.17, 15) is 13.6 Å². The van der Waals surface area contributed by atoms with Crippen molar-refractivity contribution in [1.29, 1.82) is 0 Å². The maximum atomic E-state index is 13.3. The van der Waals surface area contributed by atoms with Gasteiger partial charge in [0, 0.05) is 13.2 Å². The van der Waals surface area contributed by atoms with Crippen LogP contribution in [0.3, 0.4) is 0 Å². The quantitative estimate of drug-likeness (QED) is 0.854. The first kappa shape index (κ1) is 11.3. The normalized spacial score (nSPS) is 10.3. The van der Waals surface area contributed by atoms with Gasteiger partial charge in [0.15, 0.2) is 0 Å². The molecule has 1 aromatic heterocycles. The van der Waals surface area contributed by atoms with E-state index in [0.717, 1.165) is 12.1 Å². The van der Waals surface area contributed by atoms with E-state index in [1.54, 1.807) is 29.9 Å². The molecule has 1 heterocycles. The summed E-state index contributed by atoms with van der Waals surface area (Å²) in [7, 11) is 1.67. The van der Waals surface area contributed by atoms with Gasteiger partial charge in [-0.25, -0.2) is 8.78 Å². The molecule has 1 amide bonds. The fourth-order valence-electron chi connectivity index (χ4n) is 1.49. The third-order valence-electron chi connectivity index (χ3n) is 2.38. The van der Waals surface area contributed by atoms with Crippen LogP contribution in [-0.4, -0.2) is 10.5 Å². The summed E-state index contributed by atoms with van der Waals surface area (Å²) in [5.74, 6) is -2.15. The summed E-state index contributed by atoms with van der Waals surface area (Å²) in [6.45, 7) is 0. The van der Waals surface area contributed by atoms with Gasteiger partial charge in [-0.15, -0.1) is 0 Å². The number of benzene rings is 1. The van der Waals surface area contributed by atoms with Crippen LogP contribution in [0.2, 0.25) is 0 Å². The summed E-state index contributed by atoms with van der Waals surface area (Å²) in [5.41, 5.74) is -0.105. The molecule has 5 heteroatoms. The number of aryl methyl sites for hydroxylation is 1. The molecule has 0 fully saturated rings. The number of amides is 1. The lowest BCUT2D eigenvalue weighted by Gasteiger charge is -2.07. The van der Waals surface area contributed by atoms with Crippen LogP contribution in [0.15, 0.2) is 36.5 Å². The van der Waals surface area contributed by atoms with Crippen LogP contribution in [0.25, 0.3) is 0 Å². The smallest absolute Gasteiger partial charge is 0.272 e. The number of anilines is 1. The Hall–Kier alpha value is -2.17. The third kappa shape index (κ3) is 2.18. The van der Waals surface area contributed by atoms with Crippen LogP contribution in [-0.2, 0) is 7.05 Å². The highest BCUT2D eigenvalue weighted by molar-refractivity contribution is 6.03. The Morgan fingerprint density at radius 1 is 1.18 bits per heavy atom. The van der Waals surface area contributed by atoms with E-state index >= 15 is 0 Å². The van der Waals surface area contributed by atoms with E-state index in [-0.39, 0.29) is 0 Å². The molecule has 3 nitrogen and oxygen atoms in total. The zero-order chi connectivity index (χ0) is 12.4. The van der Waals surface area contributed by atoms with Crippen LogP contribution in [0.5, 0.6) is 0 Å². The van der Waals surface area contributed by atoms with Gasteiger partial charge in [-0.2, -0.15) is 0 Å². The molecule has 2 aromatic rings. The lowest BCUT2D eigenvalue weighted by molar-refractivity contribution is 0.101. The fraction of sp³-hybridized carbons (Fsp3) is 0.0833. The standard InChI is InChI=1S/C12H10F2N2O/c1-16-7-3-6-10(16)12(17)15-11-8(13)4-2-5-9(11)14/h2-7H,1H3,(H,15,17). The van der Waals surface area contributed by atoms with Crippen molar-refractivity contribution in [2.24, 2.45) is 7.05 Å². The van der Waals surface area contributed by atoms with Crippen molar-refractivity contribution < 1.29 is 13.6 Å². The van der Waals surface area contributed by atoms with E-state index in [2.05, 4.69) is 5.32 Å². The van der Waals surface area contributed by atoms with E-state index in [4.69, 9.17) is 0 Å². The number of halogens is 2. The Bertz CT molecular complexity index is 543. The predicted molar refractivity (Wildman–Crippen MR) is 59.7 cm³/mol. The molecule has 88 valence electrons. The van der Waals surface area contributed by atoms with Crippen molar-refractivity contribution in [2.75, 3.05) is 5.32 Å². The SMILES string of the molecule is Cn1cccc1C(=O)Nc1c(F)cccc1F. The van der Waals surface area contributed by atoms with E-state index < -0.39 is 23.2 Å². The van der Waals surface area contributed by atoms with Crippen LogP contribution in [0.4, 0.5) is 14.5 Å². The third-order valence-corrected chi connectivity index (χ3v) is 2.38. The molecule has 1 aromatic carbocycles. The average molecular weight is 236 g/mol. The van der Waals surface area contributed by atoms with Gasteiger partial charge in [0.25, 0.3) is 5.91 Å². The summed E-state index contributed by atoms with van der Waals surface area (Å²) in [6, 6.07) is 6.65. The minimum absolute atomic E-state index is 0.327. The number of hydrogen-bond donors (Lipinski definition) is 1. The van der Waals surface area contributed by atoms with Crippen molar-refractivity contribution in [1.82, 2.24) is 4.57 Å². The minimum Gasteiger partial charge on any atom is -0.347 e. The molecule has 0 bridgehead atoms. The van der Waals surface area contributed by atoms with Crippen molar-refractivity contribution in [3.63, 3.8) is 0 Å². The van der Waals surface area contributed by atoms with Gasteiger partial charge in [0.2, 0.25) is 0 Å². The van der Waals surface area contributed by atoms with E-state index in [1.165, 1.54) is 6.07 Å². The molecule has 17 heavy (non-hydrogen) atoms. The summed E-state index contributed by atoms with van der Waals surface area (Å²) >= 11 is 0.